The molecule has 2 aromatic rings. The van der Waals surface area contributed by atoms with Gasteiger partial charge in [-0.05, 0) is 92.0 Å². The lowest BCUT2D eigenvalue weighted by Crippen LogP contribution is -2.48. The largest absolute Gasteiger partial charge is 0.508 e. The van der Waals surface area contributed by atoms with E-state index in [4.69, 9.17) is 0 Å². The fourth-order valence-electron chi connectivity index (χ4n) is 6.36. The van der Waals surface area contributed by atoms with Crippen molar-refractivity contribution in [1.29, 1.82) is 0 Å². The number of rotatable bonds is 4. The Bertz CT molecular complexity index is 947. The van der Waals surface area contributed by atoms with Gasteiger partial charge in [-0.15, -0.1) is 0 Å². The SMILES string of the molecule is O=C(N/N=C\c1ccccc1O)c1ccc(O)c(C23CC4CC(CC(C4)C2)C3)c1. The Kier molecular flexibility index (Phi) is 4.34. The molecule has 150 valence electrons. The highest BCUT2D eigenvalue weighted by Gasteiger charge is 2.52. The van der Waals surface area contributed by atoms with E-state index < -0.39 is 0 Å². The van der Waals surface area contributed by atoms with E-state index in [0.717, 1.165) is 42.6 Å². The molecule has 2 aromatic carbocycles. The van der Waals surface area contributed by atoms with Crippen molar-refractivity contribution in [3.05, 3.63) is 59.2 Å². The van der Waals surface area contributed by atoms with Crippen molar-refractivity contribution in [2.45, 2.75) is 43.9 Å². The molecule has 4 bridgehead atoms. The number of benzene rings is 2. The number of nitrogens with one attached hydrogen (secondary N) is 1. The van der Waals surface area contributed by atoms with Crippen molar-refractivity contribution in [3.63, 3.8) is 0 Å². The van der Waals surface area contributed by atoms with E-state index in [1.807, 2.05) is 6.07 Å². The zero-order chi connectivity index (χ0) is 20.0. The van der Waals surface area contributed by atoms with Gasteiger partial charge in [-0.3, -0.25) is 4.79 Å². The number of phenolic OH excluding ortho intramolecular Hbond substituents is 2. The van der Waals surface area contributed by atoms with Crippen molar-refractivity contribution in [2.75, 3.05) is 0 Å². The predicted octanol–water partition coefficient (Wildman–Crippen LogP) is 4.33. The van der Waals surface area contributed by atoms with Crippen LogP contribution >= 0.6 is 0 Å². The molecule has 29 heavy (non-hydrogen) atoms. The molecule has 0 radical (unpaired) electrons. The van der Waals surface area contributed by atoms with E-state index >= 15 is 0 Å². The Balaban J connectivity index is 1.37. The fourth-order valence-corrected chi connectivity index (χ4v) is 6.36. The number of aromatic hydroxyl groups is 2. The van der Waals surface area contributed by atoms with E-state index in [9.17, 15) is 15.0 Å². The molecule has 0 unspecified atom stereocenters. The summed E-state index contributed by atoms with van der Waals surface area (Å²) in [6, 6.07) is 12.0. The van der Waals surface area contributed by atoms with Gasteiger partial charge in [0.2, 0.25) is 0 Å². The van der Waals surface area contributed by atoms with Crippen LogP contribution in [0.4, 0.5) is 0 Å². The Morgan fingerprint density at radius 1 is 0.966 bits per heavy atom. The van der Waals surface area contributed by atoms with Gasteiger partial charge in [-0.2, -0.15) is 5.10 Å². The third-order valence-electron chi connectivity index (χ3n) is 7.17. The molecule has 6 rings (SSSR count). The molecule has 1 amide bonds. The van der Waals surface area contributed by atoms with Gasteiger partial charge in [-0.25, -0.2) is 5.43 Å². The molecule has 5 heteroatoms. The number of hydrogen-bond acceptors (Lipinski definition) is 4. The standard InChI is InChI=1S/C24H26N2O3/c27-21-4-2-1-3-19(21)14-25-26-23(29)18-5-6-22(28)20(10-18)24-11-15-7-16(12-24)9-17(8-15)13-24/h1-6,10,14-17,27-28H,7-9,11-13H2,(H,26,29)/b25-14-. The van der Waals surface area contributed by atoms with Crippen LogP contribution in [0.1, 0.15) is 60.0 Å². The third kappa shape index (κ3) is 3.28. The van der Waals surface area contributed by atoms with E-state index in [0.29, 0.717) is 16.9 Å². The van der Waals surface area contributed by atoms with Gasteiger partial charge >= 0.3 is 0 Å². The van der Waals surface area contributed by atoms with Crippen molar-refractivity contribution in [2.24, 2.45) is 22.9 Å². The van der Waals surface area contributed by atoms with E-state index in [1.165, 1.54) is 25.5 Å². The minimum Gasteiger partial charge on any atom is -0.508 e. The third-order valence-corrected chi connectivity index (χ3v) is 7.17. The first-order valence-electron chi connectivity index (χ1n) is 10.5. The van der Waals surface area contributed by atoms with Crippen LogP contribution in [0.25, 0.3) is 0 Å². The average Bonchev–Trinajstić information content (AvgIpc) is 2.68. The Morgan fingerprint density at radius 3 is 2.28 bits per heavy atom. The van der Waals surface area contributed by atoms with Crippen LogP contribution in [0.5, 0.6) is 11.5 Å². The molecule has 0 spiro atoms. The quantitative estimate of drug-likeness (QED) is 0.537. The summed E-state index contributed by atoms with van der Waals surface area (Å²) >= 11 is 0. The maximum absolute atomic E-state index is 12.6. The zero-order valence-electron chi connectivity index (χ0n) is 16.3. The minimum absolute atomic E-state index is 0.0220. The van der Waals surface area contributed by atoms with Crippen LogP contribution in [0, 0.1) is 17.8 Å². The van der Waals surface area contributed by atoms with Gasteiger partial charge in [0.1, 0.15) is 11.5 Å². The lowest BCUT2D eigenvalue weighted by Gasteiger charge is -2.57. The summed E-state index contributed by atoms with van der Waals surface area (Å²) in [4.78, 5) is 12.6. The van der Waals surface area contributed by atoms with Crippen LogP contribution in [-0.4, -0.2) is 22.3 Å². The first kappa shape index (κ1) is 18.2. The average molecular weight is 390 g/mol. The zero-order valence-corrected chi connectivity index (χ0v) is 16.3. The molecule has 0 saturated heterocycles. The van der Waals surface area contributed by atoms with Crippen LogP contribution < -0.4 is 5.43 Å². The Labute approximate surface area is 170 Å². The summed E-state index contributed by atoms with van der Waals surface area (Å²) in [5, 5.41) is 24.4. The highest BCUT2D eigenvalue weighted by molar-refractivity contribution is 5.95. The topological polar surface area (TPSA) is 81.9 Å². The van der Waals surface area contributed by atoms with Crippen LogP contribution in [0.3, 0.4) is 0 Å². The summed E-state index contributed by atoms with van der Waals surface area (Å²) in [6.45, 7) is 0. The first-order valence-corrected chi connectivity index (χ1v) is 10.5. The van der Waals surface area contributed by atoms with Crippen molar-refractivity contribution in [3.8, 4) is 11.5 Å². The predicted molar refractivity (Wildman–Crippen MR) is 111 cm³/mol. The summed E-state index contributed by atoms with van der Waals surface area (Å²) in [7, 11) is 0. The monoisotopic (exact) mass is 390 g/mol. The molecule has 4 fully saturated rings. The number of carbonyl (C=O) groups excluding carboxylic acids is 1. The molecule has 3 N–H and O–H groups in total. The lowest BCUT2D eigenvalue weighted by molar-refractivity contribution is -0.00615. The fraction of sp³-hybridized carbons (Fsp3) is 0.417. The van der Waals surface area contributed by atoms with Crippen molar-refractivity contribution < 1.29 is 15.0 Å². The molecular formula is C24H26N2O3. The van der Waals surface area contributed by atoms with E-state index in [2.05, 4.69) is 10.5 Å². The summed E-state index contributed by atoms with van der Waals surface area (Å²) in [6.07, 6.45) is 8.81. The molecular weight excluding hydrogens is 364 g/mol. The second-order valence-electron chi connectivity index (χ2n) is 9.19. The number of amides is 1. The van der Waals surface area contributed by atoms with Gasteiger partial charge in [0.25, 0.3) is 5.91 Å². The molecule has 0 atom stereocenters. The van der Waals surface area contributed by atoms with E-state index in [1.54, 1.807) is 36.4 Å². The summed E-state index contributed by atoms with van der Waals surface area (Å²) in [5.74, 6) is 2.40. The number of hydrogen-bond donors (Lipinski definition) is 3. The molecule has 0 aliphatic heterocycles. The van der Waals surface area contributed by atoms with Gasteiger partial charge < -0.3 is 10.2 Å². The van der Waals surface area contributed by atoms with Gasteiger partial charge in [-0.1, -0.05) is 12.1 Å². The molecule has 0 heterocycles. The lowest BCUT2D eigenvalue weighted by atomic mass is 9.48. The van der Waals surface area contributed by atoms with Crippen LogP contribution in [0.15, 0.2) is 47.6 Å². The molecule has 0 aromatic heterocycles. The summed E-state index contributed by atoms with van der Waals surface area (Å²) < 4.78 is 0. The number of carbonyl (C=O) groups is 1. The maximum Gasteiger partial charge on any atom is 0.271 e. The number of hydrazone groups is 1. The first-order chi connectivity index (χ1) is 14.0. The highest BCUT2D eigenvalue weighted by Crippen LogP contribution is 2.61. The normalized spacial score (nSPS) is 30.0. The highest BCUT2D eigenvalue weighted by atomic mass is 16.3. The van der Waals surface area contributed by atoms with Gasteiger partial charge in [0, 0.05) is 16.7 Å². The van der Waals surface area contributed by atoms with Crippen LogP contribution in [0.2, 0.25) is 0 Å². The number of para-hydroxylation sites is 1. The Morgan fingerprint density at radius 2 is 1.62 bits per heavy atom. The Hall–Kier alpha value is -2.82. The van der Waals surface area contributed by atoms with Crippen LogP contribution in [-0.2, 0) is 5.41 Å². The molecule has 4 aliphatic carbocycles. The molecule has 5 nitrogen and oxygen atoms in total. The number of phenols is 2. The van der Waals surface area contributed by atoms with Gasteiger partial charge in [0.05, 0.1) is 6.21 Å². The second kappa shape index (κ2) is 6.90. The van der Waals surface area contributed by atoms with Crippen molar-refractivity contribution >= 4 is 12.1 Å². The maximum atomic E-state index is 12.6. The van der Waals surface area contributed by atoms with Crippen molar-refractivity contribution in [1.82, 2.24) is 5.43 Å². The molecule has 4 aliphatic rings. The van der Waals surface area contributed by atoms with E-state index in [-0.39, 0.29) is 17.1 Å². The van der Waals surface area contributed by atoms with Gasteiger partial charge in [0.15, 0.2) is 0 Å². The minimum atomic E-state index is -0.317. The smallest absolute Gasteiger partial charge is 0.271 e. The number of nitrogens with zero attached hydrogens (tertiary/aromatic N) is 1. The second-order valence-corrected chi connectivity index (χ2v) is 9.19. The molecule has 4 saturated carbocycles. The summed E-state index contributed by atoms with van der Waals surface area (Å²) in [5.41, 5.74) is 4.53.